The lowest BCUT2D eigenvalue weighted by Crippen LogP contribution is -2.42. The third kappa shape index (κ3) is 4.07. The van der Waals surface area contributed by atoms with Gasteiger partial charge in [-0.15, -0.1) is 10.2 Å². The van der Waals surface area contributed by atoms with Crippen molar-refractivity contribution in [3.63, 3.8) is 0 Å². The molecule has 2 saturated carbocycles. The van der Waals surface area contributed by atoms with Crippen LogP contribution in [0.2, 0.25) is 0 Å². The van der Waals surface area contributed by atoms with Crippen LogP contribution in [0.25, 0.3) is 0 Å². The van der Waals surface area contributed by atoms with Crippen LogP contribution in [0.4, 0.5) is 5.13 Å². The van der Waals surface area contributed by atoms with Crippen molar-refractivity contribution in [2.24, 2.45) is 5.41 Å². The summed E-state index contributed by atoms with van der Waals surface area (Å²) in [5, 5.41) is 15.4. The summed E-state index contributed by atoms with van der Waals surface area (Å²) < 4.78 is 0. The summed E-state index contributed by atoms with van der Waals surface area (Å²) in [7, 11) is 0. The maximum atomic E-state index is 12.9. The van der Waals surface area contributed by atoms with Crippen LogP contribution in [0.1, 0.15) is 63.3 Å². The zero-order valence-corrected chi connectivity index (χ0v) is 14.4. The molecule has 2 aliphatic rings. The topological polar surface area (TPSA) is 84.0 Å². The fourth-order valence-corrected chi connectivity index (χ4v) is 3.88. The third-order valence-electron chi connectivity index (χ3n) is 4.72. The quantitative estimate of drug-likeness (QED) is 0.836. The van der Waals surface area contributed by atoms with Crippen LogP contribution in [0, 0.1) is 5.41 Å². The Kier molecular flexibility index (Phi) is 4.94. The van der Waals surface area contributed by atoms with Gasteiger partial charge in [-0.3, -0.25) is 9.59 Å². The summed E-state index contributed by atoms with van der Waals surface area (Å²) in [6.07, 6.45) is 7.91. The first-order valence-electron chi connectivity index (χ1n) is 8.54. The van der Waals surface area contributed by atoms with Crippen LogP contribution in [-0.4, -0.2) is 28.1 Å². The van der Waals surface area contributed by atoms with Crippen LogP contribution >= 0.6 is 11.3 Å². The van der Waals surface area contributed by atoms with Crippen LogP contribution in [0.3, 0.4) is 0 Å². The molecule has 2 amide bonds. The molecular weight excluding hydrogens is 312 g/mol. The standard InChI is InChI=1S/C16H24N4O2S/c1-2-13-19-20-15(23-13)18-14(22)16(8-4-3-5-9-16)10-12(21)17-11-6-7-11/h11H,2-10H2,1H3,(H,17,21)(H,18,20,22). The van der Waals surface area contributed by atoms with Gasteiger partial charge >= 0.3 is 0 Å². The van der Waals surface area contributed by atoms with Crippen LogP contribution in [0.5, 0.6) is 0 Å². The van der Waals surface area contributed by atoms with E-state index in [1.807, 2.05) is 6.92 Å². The Labute approximate surface area is 140 Å². The second-order valence-corrected chi connectivity index (χ2v) is 7.73. The van der Waals surface area contributed by atoms with Crippen molar-refractivity contribution >= 4 is 28.3 Å². The van der Waals surface area contributed by atoms with Gasteiger partial charge in [0.2, 0.25) is 16.9 Å². The zero-order valence-electron chi connectivity index (χ0n) is 13.6. The van der Waals surface area contributed by atoms with E-state index in [9.17, 15) is 9.59 Å². The van der Waals surface area contributed by atoms with E-state index in [0.717, 1.165) is 56.4 Å². The van der Waals surface area contributed by atoms with Gasteiger partial charge in [0, 0.05) is 12.5 Å². The molecule has 1 aromatic rings. The van der Waals surface area contributed by atoms with E-state index in [-0.39, 0.29) is 18.2 Å². The molecule has 0 aromatic carbocycles. The summed E-state index contributed by atoms with van der Waals surface area (Å²) in [6, 6.07) is 0.335. The van der Waals surface area contributed by atoms with Gasteiger partial charge < -0.3 is 10.6 Å². The van der Waals surface area contributed by atoms with Gasteiger partial charge in [0.15, 0.2) is 0 Å². The minimum absolute atomic E-state index is 0.0102. The number of carbonyl (C=O) groups is 2. The van der Waals surface area contributed by atoms with Crippen molar-refractivity contribution in [3.05, 3.63) is 5.01 Å². The second kappa shape index (κ2) is 6.95. The third-order valence-corrected chi connectivity index (χ3v) is 5.71. The number of nitrogens with zero attached hydrogens (tertiary/aromatic N) is 2. The maximum absolute atomic E-state index is 12.9. The van der Waals surface area contributed by atoms with Crippen molar-refractivity contribution in [1.82, 2.24) is 15.5 Å². The lowest BCUT2D eigenvalue weighted by Gasteiger charge is -2.35. The van der Waals surface area contributed by atoms with Gasteiger partial charge in [-0.2, -0.15) is 0 Å². The predicted molar refractivity (Wildman–Crippen MR) is 89.2 cm³/mol. The van der Waals surface area contributed by atoms with Crippen molar-refractivity contribution < 1.29 is 9.59 Å². The summed E-state index contributed by atoms with van der Waals surface area (Å²) in [6.45, 7) is 2.01. The molecule has 2 N–H and O–H groups in total. The molecule has 0 aliphatic heterocycles. The molecule has 1 aromatic heterocycles. The van der Waals surface area contributed by atoms with E-state index in [1.165, 1.54) is 11.3 Å². The highest BCUT2D eigenvalue weighted by molar-refractivity contribution is 7.15. The number of hydrogen-bond acceptors (Lipinski definition) is 5. The monoisotopic (exact) mass is 336 g/mol. The Morgan fingerprint density at radius 3 is 2.57 bits per heavy atom. The Hall–Kier alpha value is -1.50. The molecule has 23 heavy (non-hydrogen) atoms. The molecule has 7 heteroatoms. The Morgan fingerprint density at radius 1 is 1.22 bits per heavy atom. The molecule has 0 saturated heterocycles. The first-order chi connectivity index (χ1) is 11.1. The van der Waals surface area contributed by atoms with Gasteiger partial charge in [0.25, 0.3) is 0 Å². The molecule has 2 aliphatic carbocycles. The molecule has 1 heterocycles. The number of anilines is 1. The minimum Gasteiger partial charge on any atom is -0.353 e. The highest BCUT2D eigenvalue weighted by atomic mass is 32.1. The smallest absolute Gasteiger partial charge is 0.232 e. The van der Waals surface area contributed by atoms with E-state index < -0.39 is 5.41 Å². The molecule has 2 fully saturated rings. The van der Waals surface area contributed by atoms with Crippen molar-refractivity contribution in [2.75, 3.05) is 5.32 Å². The highest BCUT2D eigenvalue weighted by Gasteiger charge is 2.42. The fraction of sp³-hybridized carbons (Fsp3) is 0.750. The van der Waals surface area contributed by atoms with Gasteiger partial charge in [-0.25, -0.2) is 0 Å². The first-order valence-corrected chi connectivity index (χ1v) is 9.36. The van der Waals surface area contributed by atoms with Crippen molar-refractivity contribution in [3.8, 4) is 0 Å². The summed E-state index contributed by atoms with van der Waals surface area (Å²) in [5.41, 5.74) is -0.588. The molecule has 0 spiro atoms. The SMILES string of the molecule is CCc1nnc(NC(=O)C2(CC(=O)NC3CC3)CCCCC2)s1. The average Bonchev–Trinajstić information content (AvgIpc) is 3.23. The lowest BCUT2D eigenvalue weighted by molar-refractivity contribution is -0.134. The number of carbonyl (C=O) groups excluding carboxylic acids is 2. The molecule has 0 radical (unpaired) electrons. The van der Waals surface area contributed by atoms with Crippen molar-refractivity contribution in [1.29, 1.82) is 0 Å². The van der Waals surface area contributed by atoms with Crippen LogP contribution in [0.15, 0.2) is 0 Å². The number of hydrogen-bond donors (Lipinski definition) is 2. The van der Waals surface area contributed by atoms with Gasteiger partial charge in [0.05, 0.1) is 5.41 Å². The zero-order chi connectivity index (χ0) is 16.3. The molecule has 0 bridgehead atoms. The molecule has 126 valence electrons. The Bertz CT molecular complexity index is 576. The Balaban J connectivity index is 1.68. The van der Waals surface area contributed by atoms with Gasteiger partial charge in [-0.05, 0) is 32.1 Å². The first kappa shape index (κ1) is 16.4. The van der Waals surface area contributed by atoms with E-state index in [2.05, 4.69) is 20.8 Å². The average molecular weight is 336 g/mol. The lowest BCUT2D eigenvalue weighted by atomic mass is 9.71. The fourth-order valence-electron chi connectivity index (χ4n) is 3.20. The van der Waals surface area contributed by atoms with E-state index in [4.69, 9.17) is 0 Å². The van der Waals surface area contributed by atoms with Crippen LogP contribution in [-0.2, 0) is 16.0 Å². The summed E-state index contributed by atoms with van der Waals surface area (Å²) in [5.74, 6) is -0.0574. The summed E-state index contributed by atoms with van der Waals surface area (Å²) >= 11 is 1.41. The van der Waals surface area contributed by atoms with Gasteiger partial charge in [-0.1, -0.05) is 37.5 Å². The second-order valence-electron chi connectivity index (χ2n) is 6.67. The normalized spacial score (nSPS) is 20.0. The molecule has 0 unspecified atom stereocenters. The minimum atomic E-state index is -0.588. The molecule has 6 nitrogen and oxygen atoms in total. The largest absolute Gasteiger partial charge is 0.353 e. The summed E-state index contributed by atoms with van der Waals surface area (Å²) in [4.78, 5) is 25.1. The number of amides is 2. The Morgan fingerprint density at radius 2 is 1.96 bits per heavy atom. The molecule has 3 rings (SSSR count). The van der Waals surface area contributed by atoms with E-state index >= 15 is 0 Å². The van der Waals surface area contributed by atoms with Gasteiger partial charge in [0.1, 0.15) is 5.01 Å². The maximum Gasteiger partial charge on any atom is 0.232 e. The molecule has 0 atom stereocenters. The van der Waals surface area contributed by atoms with E-state index in [1.54, 1.807) is 0 Å². The van der Waals surface area contributed by atoms with Crippen LogP contribution < -0.4 is 10.6 Å². The number of nitrogens with one attached hydrogen (secondary N) is 2. The predicted octanol–water partition coefficient (Wildman–Crippen LogP) is 2.66. The van der Waals surface area contributed by atoms with Crippen molar-refractivity contribution in [2.45, 2.75) is 70.8 Å². The number of rotatable bonds is 6. The molecular formula is C16H24N4O2S. The van der Waals surface area contributed by atoms with E-state index in [0.29, 0.717) is 11.2 Å². The number of aryl methyl sites for hydroxylation is 1. The number of aromatic nitrogens is 2. The highest BCUT2D eigenvalue weighted by Crippen LogP contribution is 2.41.